The lowest BCUT2D eigenvalue weighted by Crippen LogP contribution is -2.54. The summed E-state index contributed by atoms with van der Waals surface area (Å²) in [5.74, 6) is 0.161. The van der Waals surface area contributed by atoms with Gasteiger partial charge in [-0.25, -0.2) is 15.1 Å². The molecule has 10 nitrogen and oxygen atoms in total. The van der Waals surface area contributed by atoms with Crippen LogP contribution in [0, 0.1) is 6.92 Å². The highest BCUT2D eigenvalue weighted by Crippen LogP contribution is 2.28. The molecule has 1 aliphatic heterocycles. The van der Waals surface area contributed by atoms with Crippen molar-refractivity contribution in [1.82, 2.24) is 29.6 Å². The van der Waals surface area contributed by atoms with E-state index in [1.54, 1.807) is 16.0 Å². The van der Waals surface area contributed by atoms with Crippen LogP contribution in [0.4, 0.5) is 19.1 Å². The van der Waals surface area contributed by atoms with Crippen LogP contribution >= 0.6 is 0 Å². The molecule has 0 spiro atoms. The number of alkyl halides is 3. The second-order valence-corrected chi connectivity index (χ2v) is 8.48. The van der Waals surface area contributed by atoms with Crippen molar-refractivity contribution >= 4 is 22.8 Å². The summed E-state index contributed by atoms with van der Waals surface area (Å²) in [6.45, 7) is 6.15. The Balaban J connectivity index is 1.22. The molecule has 0 radical (unpaired) electrons. The lowest BCUT2D eigenvalue weighted by atomic mass is 10.2. The highest BCUT2D eigenvalue weighted by Gasteiger charge is 2.32. The van der Waals surface area contributed by atoms with Crippen molar-refractivity contribution in [2.24, 2.45) is 0 Å². The number of nitrogens with one attached hydrogen (secondary N) is 1. The molecule has 1 amide bonds. The maximum absolute atomic E-state index is 12.7. The first kappa shape index (κ1) is 24.6. The van der Waals surface area contributed by atoms with Crippen molar-refractivity contribution in [3.63, 3.8) is 0 Å². The fourth-order valence-electron chi connectivity index (χ4n) is 4.25. The summed E-state index contributed by atoms with van der Waals surface area (Å²) >= 11 is 0. The van der Waals surface area contributed by atoms with Gasteiger partial charge in [0.25, 0.3) is 5.56 Å². The Bertz CT molecular complexity index is 1240. The molecule has 1 unspecified atom stereocenters. The van der Waals surface area contributed by atoms with Crippen LogP contribution in [0.1, 0.15) is 24.5 Å². The Labute approximate surface area is 198 Å². The van der Waals surface area contributed by atoms with Crippen molar-refractivity contribution in [2.75, 3.05) is 37.7 Å². The van der Waals surface area contributed by atoms with E-state index in [1.807, 2.05) is 24.6 Å². The number of amides is 1. The Morgan fingerprint density at radius 1 is 1.20 bits per heavy atom. The van der Waals surface area contributed by atoms with E-state index in [0.29, 0.717) is 38.2 Å². The topological polar surface area (TPSA) is 109 Å². The molecule has 0 saturated carbocycles. The number of carbonyl (C=O) groups excluding carboxylic acids is 1. The summed E-state index contributed by atoms with van der Waals surface area (Å²) in [6.07, 6.45) is 0.752. The van der Waals surface area contributed by atoms with Gasteiger partial charge in [0.1, 0.15) is 0 Å². The third kappa shape index (κ3) is 5.45. The molecule has 1 aliphatic rings. The number of hydrogen-bond donors (Lipinski definition) is 1. The average Bonchev–Trinajstić information content (AvgIpc) is 3.14. The van der Waals surface area contributed by atoms with Crippen LogP contribution in [0.5, 0.6) is 0 Å². The van der Waals surface area contributed by atoms with Crippen LogP contribution in [0.25, 0.3) is 10.9 Å². The van der Waals surface area contributed by atoms with Crippen LogP contribution in [0.15, 0.2) is 29.6 Å². The number of ether oxygens (including phenoxy) is 1. The van der Waals surface area contributed by atoms with E-state index in [4.69, 9.17) is 4.74 Å². The number of rotatable bonds is 7. The lowest BCUT2D eigenvalue weighted by Gasteiger charge is -2.40. The van der Waals surface area contributed by atoms with Crippen molar-refractivity contribution in [1.29, 1.82) is 0 Å². The molecule has 4 heterocycles. The Morgan fingerprint density at radius 2 is 1.94 bits per heavy atom. The number of piperazine rings is 1. The van der Waals surface area contributed by atoms with E-state index in [-0.39, 0.29) is 36.5 Å². The van der Waals surface area contributed by atoms with Crippen molar-refractivity contribution in [3.8, 4) is 0 Å². The van der Waals surface area contributed by atoms with Crippen LogP contribution in [0.3, 0.4) is 0 Å². The van der Waals surface area contributed by atoms with E-state index < -0.39 is 11.7 Å². The fourth-order valence-corrected chi connectivity index (χ4v) is 4.25. The minimum atomic E-state index is -4.48. The van der Waals surface area contributed by atoms with Gasteiger partial charge in [-0.3, -0.25) is 9.59 Å². The summed E-state index contributed by atoms with van der Waals surface area (Å²) in [4.78, 5) is 35.8. The molecule has 1 fully saturated rings. The molecular weight excluding hydrogens is 467 g/mol. The number of aromatic nitrogens is 5. The molecule has 0 bridgehead atoms. The highest BCUT2D eigenvalue weighted by molar-refractivity contribution is 5.81. The summed E-state index contributed by atoms with van der Waals surface area (Å²) in [5.41, 5.74) is 0.459. The molecular formula is C22H26F3N7O3. The van der Waals surface area contributed by atoms with Crippen LogP contribution in [-0.2, 0) is 22.3 Å². The number of carbonyl (C=O) groups is 1. The fraction of sp³-hybridized carbons (Fsp3) is 0.500. The maximum Gasteiger partial charge on any atom is 0.419 e. The molecule has 188 valence electrons. The third-order valence-electron chi connectivity index (χ3n) is 6.02. The third-order valence-corrected chi connectivity index (χ3v) is 6.02. The number of fused-ring (bicyclic) bond motifs is 1. The summed E-state index contributed by atoms with van der Waals surface area (Å²) in [7, 11) is 0. The first-order valence-corrected chi connectivity index (χ1v) is 11.2. The predicted molar refractivity (Wildman–Crippen MR) is 121 cm³/mol. The van der Waals surface area contributed by atoms with Crippen molar-refractivity contribution in [3.05, 3.63) is 46.3 Å². The number of H-pyrrole nitrogens is 1. The first-order chi connectivity index (χ1) is 16.6. The highest BCUT2D eigenvalue weighted by atomic mass is 19.4. The standard InChI is InChI=1S/C22H26F3N7O3/c1-14-12-30(17-11-28-29-20(34)19(14)17)6-8-35-7-3-18(33)32-5-4-31(13-15(32)2)21-26-9-16(10-27-21)22(23,24)25/h9-12,15H,3-8,13H2,1-2H3,(H,29,34). The normalized spacial score (nSPS) is 16.8. The van der Waals surface area contributed by atoms with Gasteiger partial charge in [-0.05, 0) is 19.4 Å². The number of hydrogen-bond acceptors (Lipinski definition) is 7. The molecule has 4 rings (SSSR count). The van der Waals surface area contributed by atoms with Gasteiger partial charge < -0.3 is 19.1 Å². The number of nitrogens with zero attached hydrogens (tertiary/aromatic N) is 6. The smallest absolute Gasteiger partial charge is 0.379 e. The van der Waals surface area contributed by atoms with Crippen LogP contribution in [0.2, 0.25) is 0 Å². The van der Waals surface area contributed by atoms with Gasteiger partial charge in [0.05, 0.1) is 42.3 Å². The number of anilines is 1. The maximum atomic E-state index is 12.7. The molecule has 1 N–H and O–H groups in total. The van der Waals surface area contributed by atoms with Gasteiger partial charge in [-0.2, -0.15) is 18.3 Å². The molecule has 1 saturated heterocycles. The number of aromatic amines is 1. The van der Waals surface area contributed by atoms with E-state index >= 15 is 0 Å². The van der Waals surface area contributed by atoms with Crippen molar-refractivity contribution < 1.29 is 22.7 Å². The van der Waals surface area contributed by atoms with Crippen molar-refractivity contribution in [2.45, 2.75) is 39.0 Å². The van der Waals surface area contributed by atoms with E-state index in [1.165, 1.54) is 0 Å². The van der Waals surface area contributed by atoms with Gasteiger partial charge in [0.15, 0.2) is 0 Å². The van der Waals surface area contributed by atoms with Gasteiger partial charge >= 0.3 is 6.18 Å². The van der Waals surface area contributed by atoms with E-state index in [2.05, 4.69) is 20.2 Å². The minimum Gasteiger partial charge on any atom is -0.379 e. The van der Waals surface area contributed by atoms with Crippen LogP contribution in [-0.4, -0.2) is 74.4 Å². The first-order valence-electron chi connectivity index (χ1n) is 11.2. The molecule has 13 heteroatoms. The minimum absolute atomic E-state index is 0.0523. The molecule has 3 aromatic rings. The number of halogens is 3. The van der Waals surface area contributed by atoms with E-state index in [0.717, 1.165) is 23.5 Å². The quantitative estimate of drug-likeness (QED) is 0.502. The summed E-state index contributed by atoms with van der Waals surface area (Å²) in [6, 6.07) is -0.151. The van der Waals surface area contributed by atoms with E-state index in [9.17, 15) is 22.8 Å². The zero-order valence-corrected chi connectivity index (χ0v) is 19.4. The summed E-state index contributed by atoms with van der Waals surface area (Å²) in [5, 5.41) is 6.88. The Hall–Kier alpha value is -3.48. The van der Waals surface area contributed by atoms with Crippen LogP contribution < -0.4 is 10.5 Å². The SMILES string of the molecule is Cc1cn(CCOCCC(=O)N2CCN(c3ncc(C(F)(F)F)cn3)CC2C)c2cn[nH]c(=O)c12. The molecule has 1 atom stereocenters. The lowest BCUT2D eigenvalue weighted by molar-refractivity contribution is -0.138. The molecule has 0 aliphatic carbocycles. The molecule has 3 aromatic heterocycles. The van der Waals surface area contributed by atoms with Gasteiger partial charge in [0, 0.05) is 50.8 Å². The van der Waals surface area contributed by atoms with Gasteiger partial charge in [-0.1, -0.05) is 0 Å². The predicted octanol–water partition coefficient (Wildman–Crippen LogP) is 1.99. The van der Waals surface area contributed by atoms with Gasteiger partial charge in [0.2, 0.25) is 11.9 Å². The molecule has 0 aromatic carbocycles. The number of aryl methyl sites for hydroxylation is 1. The average molecular weight is 493 g/mol. The van der Waals surface area contributed by atoms with Gasteiger partial charge in [-0.15, -0.1) is 0 Å². The zero-order valence-electron chi connectivity index (χ0n) is 19.4. The zero-order chi connectivity index (χ0) is 25.2. The monoisotopic (exact) mass is 493 g/mol. The largest absolute Gasteiger partial charge is 0.419 e. The Morgan fingerprint density at radius 3 is 2.63 bits per heavy atom. The molecule has 35 heavy (non-hydrogen) atoms. The second-order valence-electron chi connectivity index (χ2n) is 8.48. The second kappa shape index (κ2) is 10.0. The summed E-state index contributed by atoms with van der Waals surface area (Å²) < 4.78 is 45.7. The Kier molecular flexibility index (Phi) is 7.05.